The second-order valence-corrected chi connectivity index (χ2v) is 5.31. The van der Waals surface area contributed by atoms with Crippen LogP contribution in [0.4, 0.5) is 0 Å². The summed E-state index contributed by atoms with van der Waals surface area (Å²) in [6, 6.07) is 13.6. The zero-order valence-electron chi connectivity index (χ0n) is 13.1. The van der Waals surface area contributed by atoms with Crippen molar-refractivity contribution < 1.29 is 19.1 Å². The first-order chi connectivity index (χ1) is 11.6. The molecule has 0 aliphatic heterocycles. The summed E-state index contributed by atoms with van der Waals surface area (Å²) >= 11 is 0. The first-order valence-electron chi connectivity index (χ1n) is 7.60. The van der Waals surface area contributed by atoms with Crippen LogP contribution in [0.5, 0.6) is 5.75 Å². The average Bonchev–Trinajstić information content (AvgIpc) is 2.56. The first-order valence-corrected chi connectivity index (χ1v) is 7.60. The highest BCUT2D eigenvalue weighted by atomic mass is 16.5. The van der Waals surface area contributed by atoms with E-state index in [-0.39, 0.29) is 35.5 Å². The van der Waals surface area contributed by atoms with E-state index in [0.717, 1.165) is 5.56 Å². The molecule has 0 aliphatic carbocycles. The van der Waals surface area contributed by atoms with Crippen LogP contribution in [-0.4, -0.2) is 17.7 Å². The van der Waals surface area contributed by atoms with Crippen molar-refractivity contribution in [3.05, 3.63) is 75.6 Å². The van der Waals surface area contributed by atoms with Gasteiger partial charge in [0, 0.05) is 17.9 Å². The number of esters is 1. The van der Waals surface area contributed by atoms with Crippen molar-refractivity contribution in [3.8, 4) is 5.75 Å². The highest BCUT2D eigenvalue weighted by molar-refractivity contribution is 6.04. The van der Waals surface area contributed by atoms with E-state index in [1.54, 1.807) is 13.0 Å². The van der Waals surface area contributed by atoms with Gasteiger partial charge in [0.2, 0.25) is 0 Å². The Hall–Kier alpha value is -3.08. The molecule has 0 aliphatic rings. The third-order valence-electron chi connectivity index (χ3n) is 3.69. The molecule has 3 aromatic rings. The second kappa shape index (κ2) is 6.58. The van der Waals surface area contributed by atoms with Crippen LogP contribution in [0, 0.1) is 0 Å². The fourth-order valence-corrected chi connectivity index (χ4v) is 2.63. The van der Waals surface area contributed by atoms with Crippen LogP contribution in [0.2, 0.25) is 0 Å². The van der Waals surface area contributed by atoms with Gasteiger partial charge < -0.3 is 14.3 Å². The summed E-state index contributed by atoms with van der Waals surface area (Å²) in [6.07, 6.45) is 0.258. The topological polar surface area (TPSA) is 76.7 Å². The van der Waals surface area contributed by atoms with Crippen LogP contribution in [0.1, 0.15) is 28.4 Å². The van der Waals surface area contributed by atoms with Gasteiger partial charge in [0.15, 0.2) is 0 Å². The lowest BCUT2D eigenvalue weighted by atomic mass is 9.98. The molecule has 24 heavy (non-hydrogen) atoms. The predicted molar refractivity (Wildman–Crippen MR) is 89.4 cm³/mol. The maximum absolute atomic E-state index is 12.4. The average molecular weight is 324 g/mol. The molecule has 1 N–H and O–H groups in total. The Bertz CT molecular complexity index is 941. The maximum atomic E-state index is 12.4. The monoisotopic (exact) mass is 324 g/mol. The van der Waals surface area contributed by atoms with Crippen LogP contribution < -0.4 is 5.63 Å². The van der Waals surface area contributed by atoms with E-state index < -0.39 is 11.6 Å². The number of carbonyl (C=O) groups is 1. The van der Waals surface area contributed by atoms with Gasteiger partial charge in [-0.25, -0.2) is 9.59 Å². The van der Waals surface area contributed by atoms with Crippen molar-refractivity contribution >= 4 is 16.9 Å². The number of benzene rings is 2. The molecule has 0 unspecified atom stereocenters. The summed E-state index contributed by atoms with van der Waals surface area (Å²) in [7, 11) is 0. The molecule has 0 saturated heterocycles. The quantitative estimate of drug-likeness (QED) is 0.589. The van der Waals surface area contributed by atoms with E-state index in [4.69, 9.17) is 9.15 Å². The number of aromatic hydroxyl groups is 1. The number of rotatable bonds is 4. The maximum Gasteiger partial charge on any atom is 0.340 e. The van der Waals surface area contributed by atoms with Gasteiger partial charge in [0.25, 0.3) is 0 Å². The zero-order valence-corrected chi connectivity index (χ0v) is 13.1. The molecule has 0 saturated carbocycles. The van der Waals surface area contributed by atoms with E-state index in [1.807, 2.05) is 30.3 Å². The minimum Gasteiger partial charge on any atom is -0.508 e. The van der Waals surface area contributed by atoms with E-state index in [9.17, 15) is 14.7 Å². The minimum absolute atomic E-state index is 0.0451. The third-order valence-corrected chi connectivity index (χ3v) is 3.69. The van der Waals surface area contributed by atoms with E-state index in [0.29, 0.717) is 5.39 Å². The van der Waals surface area contributed by atoms with Gasteiger partial charge in [-0.1, -0.05) is 30.3 Å². The van der Waals surface area contributed by atoms with Crippen molar-refractivity contribution in [2.75, 3.05) is 6.61 Å². The minimum atomic E-state index is -0.611. The van der Waals surface area contributed by atoms with Crippen molar-refractivity contribution in [1.29, 1.82) is 0 Å². The number of phenolic OH excluding ortho intramolecular Hbond substituents is 1. The Balaban J connectivity index is 2.24. The number of hydrogen-bond donors (Lipinski definition) is 1. The van der Waals surface area contributed by atoms with Gasteiger partial charge in [-0.2, -0.15) is 0 Å². The molecule has 1 aromatic heterocycles. The summed E-state index contributed by atoms with van der Waals surface area (Å²) in [5.74, 6) is -0.622. The van der Waals surface area contributed by atoms with Crippen LogP contribution >= 0.6 is 0 Å². The molecule has 0 fully saturated rings. The summed E-state index contributed by atoms with van der Waals surface area (Å²) in [6.45, 7) is 1.90. The SMILES string of the molecule is CCOC(=O)c1c(Cc2ccccc2)c(=O)oc2cc(O)ccc12. The Morgan fingerprint density at radius 3 is 2.62 bits per heavy atom. The van der Waals surface area contributed by atoms with Crippen molar-refractivity contribution in [2.24, 2.45) is 0 Å². The van der Waals surface area contributed by atoms with Gasteiger partial charge in [-0.3, -0.25) is 0 Å². The fraction of sp³-hybridized carbons (Fsp3) is 0.158. The lowest BCUT2D eigenvalue weighted by molar-refractivity contribution is 0.0526. The van der Waals surface area contributed by atoms with Gasteiger partial charge in [-0.05, 0) is 24.6 Å². The lowest BCUT2D eigenvalue weighted by Gasteiger charge is -2.11. The molecule has 0 amide bonds. The molecule has 0 spiro atoms. The fourth-order valence-electron chi connectivity index (χ4n) is 2.63. The molecule has 0 radical (unpaired) electrons. The molecule has 3 rings (SSSR count). The van der Waals surface area contributed by atoms with Crippen molar-refractivity contribution in [3.63, 3.8) is 0 Å². The van der Waals surface area contributed by atoms with E-state index in [2.05, 4.69) is 0 Å². The summed E-state index contributed by atoms with van der Waals surface area (Å²) in [4.78, 5) is 24.9. The highest BCUT2D eigenvalue weighted by Crippen LogP contribution is 2.26. The summed E-state index contributed by atoms with van der Waals surface area (Å²) in [5.41, 5.74) is 0.859. The Morgan fingerprint density at radius 2 is 1.92 bits per heavy atom. The molecule has 5 nitrogen and oxygen atoms in total. The molecule has 0 bridgehead atoms. The molecule has 0 atom stereocenters. The zero-order chi connectivity index (χ0) is 17.1. The first kappa shape index (κ1) is 15.8. The van der Waals surface area contributed by atoms with Crippen LogP contribution in [0.15, 0.2) is 57.7 Å². The number of carbonyl (C=O) groups excluding carboxylic acids is 1. The van der Waals surface area contributed by atoms with E-state index >= 15 is 0 Å². The van der Waals surface area contributed by atoms with Gasteiger partial charge in [0.1, 0.15) is 11.3 Å². The molecule has 1 heterocycles. The summed E-state index contributed by atoms with van der Waals surface area (Å²) in [5, 5.41) is 10.0. The van der Waals surface area contributed by atoms with Crippen LogP contribution in [0.3, 0.4) is 0 Å². The second-order valence-electron chi connectivity index (χ2n) is 5.31. The third kappa shape index (κ3) is 3.01. The van der Waals surface area contributed by atoms with Crippen molar-refractivity contribution in [1.82, 2.24) is 0 Å². The summed E-state index contributed by atoms with van der Waals surface area (Å²) < 4.78 is 10.4. The normalized spacial score (nSPS) is 10.7. The van der Waals surface area contributed by atoms with Gasteiger partial charge in [0.05, 0.1) is 17.7 Å². The standard InChI is InChI=1S/C19H16O5/c1-2-23-19(22)17-14-9-8-13(20)11-16(14)24-18(21)15(17)10-12-6-4-3-5-7-12/h3-9,11,20H,2,10H2,1H3. The number of phenols is 1. The number of fused-ring (bicyclic) bond motifs is 1. The molecular weight excluding hydrogens is 308 g/mol. The predicted octanol–water partition coefficient (Wildman–Crippen LogP) is 3.27. The Kier molecular flexibility index (Phi) is 4.33. The van der Waals surface area contributed by atoms with Crippen molar-refractivity contribution in [2.45, 2.75) is 13.3 Å². The van der Waals surface area contributed by atoms with E-state index in [1.165, 1.54) is 12.1 Å². The van der Waals surface area contributed by atoms with Gasteiger partial charge in [-0.15, -0.1) is 0 Å². The van der Waals surface area contributed by atoms with Crippen LogP contribution in [-0.2, 0) is 11.2 Å². The Labute approximate surface area is 138 Å². The number of ether oxygens (including phenoxy) is 1. The largest absolute Gasteiger partial charge is 0.508 e. The molecule has 122 valence electrons. The lowest BCUT2D eigenvalue weighted by Crippen LogP contribution is -2.18. The molecule has 2 aromatic carbocycles. The molecular formula is C19H16O5. The number of hydrogen-bond acceptors (Lipinski definition) is 5. The van der Waals surface area contributed by atoms with Crippen LogP contribution in [0.25, 0.3) is 11.0 Å². The molecule has 5 heteroatoms. The smallest absolute Gasteiger partial charge is 0.340 e. The highest BCUT2D eigenvalue weighted by Gasteiger charge is 2.22. The Morgan fingerprint density at radius 1 is 1.17 bits per heavy atom. The van der Waals surface area contributed by atoms with Gasteiger partial charge >= 0.3 is 11.6 Å².